The van der Waals surface area contributed by atoms with Gasteiger partial charge in [0.05, 0.1) is 0 Å². The molecule has 0 bridgehead atoms. The van der Waals surface area contributed by atoms with Gasteiger partial charge in [-0.2, -0.15) is 13.2 Å². The normalized spacial score (nSPS) is 29.9. The highest BCUT2D eigenvalue weighted by atomic mass is 19.4. The van der Waals surface area contributed by atoms with Crippen molar-refractivity contribution in [1.29, 1.82) is 0 Å². The number of rotatable bonds is 1. The maximum absolute atomic E-state index is 12.7. The number of amides is 1. The predicted molar refractivity (Wildman–Crippen MR) is 58.2 cm³/mol. The van der Waals surface area contributed by atoms with Gasteiger partial charge in [0.2, 0.25) is 0 Å². The number of hydrogen-bond donors (Lipinski definition) is 1. The van der Waals surface area contributed by atoms with Crippen molar-refractivity contribution in [2.45, 2.75) is 51.4 Å². The molecular weight excluding hydrogens is 233 g/mol. The first kappa shape index (κ1) is 14.3. The average molecular weight is 252 g/mol. The van der Waals surface area contributed by atoms with Crippen LogP contribution in [0.1, 0.15) is 33.6 Å². The molecule has 0 saturated carbocycles. The van der Waals surface area contributed by atoms with E-state index in [1.165, 1.54) is 4.90 Å². The van der Waals surface area contributed by atoms with Crippen molar-refractivity contribution in [3.8, 4) is 0 Å². The third kappa shape index (κ3) is 2.56. The lowest BCUT2D eigenvalue weighted by Gasteiger charge is -2.42. The Morgan fingerprint density at radius 2 is 1.88 bits per heavy atom. The van der Waals surface area contributed by atoms with E-state index < -0.39 is 17.6 Å². The molecule has 0 radical (unpaired) electrons. The van der Waals surface area contributed by atoms with E-state index in [0.29, 0.717) is 6.54 Å². The molecule has 2 N–H and O–H groups in total. The summed E-state index contributed by atoms with van der Waals surface area (Å²) in [7, 11) is 0. The van der Waals surface area contributed by atoms with Gasteiger partial charge in [0.15, 0.2) is 5.54 Å². The molecule has 100 valence electrons. The SMILES string of the molecule is CC1CCCN(C(=O)C(C)(N)C(F)(F)F)C1C. The monoisotopic (exact) mass is 252 g/mol. The Bertz CT molecular complexity index is 302. The molecule has 1 fully saturated rings. The lowest BCUT2D eigenvalue weighted by atomic mass is 9.89. The molecule has 1 amide bonds. The molecule has 3 nitrogen and oxygen atoms in total. The van der Waals surface area contributed by atoms with Gasteiger partial charge in [-0.15, -0.1) is 0 Å². The fourth-order valence-corrected chi connectivity index (χ4v) is 2.04. The first-order chi connectivity index (χ1) is 7.59. The number of carbonyl (C=O) groups is 1. The number of alkyl halides is 3. The summed E-state index contributed by atoms with van der Waals surface area (Å²) in [6.07, 6.45) is -3.06. The highest BCUT2D eigenvalue weighted by Crippen LogP contribution is 2.32. The van der Waals surface area contributed by atoms with Crippen LogP contribution in [0.25, 0.3) is 0 Å². The van der Waals surface area contributed by atoms with E-state index in [2.05, 4.69) is 0 Å². The molecule has 1 aliphatic heterocycles. The Morgan fingerprint density at radius 1 is 1.35 bits per heavy atom. The fourth-order valence-electron chi connectivity index (χ4n) is 2.04. The van der Waals surface area contributed by atoms with Crippen LogP contribution < -0.4 is 5.73 Å². The van der Waals surface area contributed by atoms with Crippen LogP contribution in [-0.2, 0) is 4.79 Å². The first-order valence-electron chi connectivity index (χ1n) is 5.75. The minimum Gasteiger partial charge on any atom is -0.338 e. The van der Waals surface area contributed by atoms with Crippen LogP contribution in [0, 0.1) is 5.92 Å². The van der Waals surface area contributed by atoms with Gasteiger partial charge in [-0.3, -0.25) is 4.79 Å². The second-order valence-corrected chi connectivity index (χ2v) is 5.06. The van der Waals surface area contributed by atoms with E-state index in [-0.39, 0.29) is 12.0 Å². The number of hydrogen-bond acceptors (Lipinski definition) is 2. The van der Waals surface area contributed by atoms with Gasteiger partial charge in [-0.05, 0) is 32.6 Å². The molecular formula is C11H19F3N2O. The molecule has 0 aromatic rings. The number of piperidine rings is 1. The van der Waals surface area contributed by atoms with Crippen molar-refractivity contribution < 1.29 is 18.0 Å². The van der Waals surface area contributed by atoms with Crippen LogP contribution >= 0.6 is 0 Å². The lowest BCUT2D eigenvalue weighted by molar-refractivity contribution is -0.196. The van der Waals surface area contributed by atoms with E-state index in [0.717, 1.165) is 19.8 Å². The highest BCUT2D eigenvalue weighted by molar-refractivity contribution is 5.87. The third-order valence-corrected chi connectivity index (χ3v) is 3.67. The van der Waals surface area contributed by atoms with E-state index in [1.807, 2.05) is 6.92 Å². The zero-order chi connectivity index (χ0) is 13.4. The van der Waals surface area contributed by atoms with Crippen molar-refractivity contribution in [3.63, 3.8) is 0 Å². The molecule has 3 atom stereocenters. The number of carbonyl (C=O) groups excluding carboxylic acids is 1. The van der Waals surface area contributed by atoms with Gasteiger partial charge in [-0.25, -0.2) is 0 Å². The topological polar surface area (TPSA) is 46.3 Å². The number of nitrogens with zero attached hydrogens (tertiary/aromatic N) is 1. The highest BCUT2D eigenvalue weighted by Gasteiger charge is 2.56. The summed E-state index contributed by atoms with van der Waals surface area (Å²) in [5.41, 5.74) is 2.37. The lowest BCUT2D eigenvalue weighted by Crippen LogP contribution is -2.64. The van der Waals surface area contributed by atoms with Crippen molar-refractivity contribution in [1.82, 2.24) is 4.90 Å². The summed E-state index contributed by atoms with van der Waals surface area (Å²) in [5, 5.41) is 0. The smallest absolute Gasteiger partial charge is 0.338 e. The Hall–Kier alpha value is -0.780. The molecule has 17 heavy (non-hydrogen) atoms. The van der Waals surface area contributed by atoms with Crippen molar-refractivity contribution in [2.24, 2.45) is 11.7 Å². The second-order valence-electron chi connectivity index (χ2n) is 5.06. The number of likely N-dealkylation sites (tertiary alicyclic amines) is 1. The van der Waals surface area contributed by atoms with Crippen molar-refractivity contribution >= 4 is 5.91 Å². The summed E-state index contributed by atoms with van der Waals surface area (Å²) in [6, 6.07) is -0.193. The van der Waals surface area contributed by atoms with Crippen LogP contribution in [0.15, 0.2) is 0 Å². The Balaban J connectivity index is 2.89. The average Bonchev–Trinajstić information content (AvgIpc) is 2.19. The zero-order valence-corrected chi connectivity index (χ0v) is 10.3. The molecule has 0 aliphatic carbocycles. The number of halogens is 3. The maximum atomic E-state index is 12.7. The Morgan fingerprint density at radius 3 is 2.35 bits per heavy atom. The third-order valence-electron chi connectivity index (χ3n) is 3.67. The van der Waals surface area contributed by atoms with Crippen LogP contribution in [0.2, 0.25) is 0 Å². The molecule has 1 aliphatic rings. The Kier molecular flexibility index (Phi) is 3.76. The molecule has 1 saturated heterocycles. The fraction of sp³-hybridized carbons (Fsp3) is 0.909. The maximum Gasteiger partial charge on any atom is 0.415 e. The van der Waals surface area contributed by atoms with Gasteiger partial charge < -0.3 is 10.6 Å². The largest absolute Gasteiger partial charge is 0.415 e. The van der Waals surface area contributed by atoms with Crippen LogP contribution in [0.3, 0.4) is 0 Å². The molecule has 0 aromatic carbocycles. The standard InChI is InChI=1S/C11H19F3N2O/c1-7-5-4-6-16(8(7)2)9(17)10(3,15)11(12,13)14/h7-8H,4-6,15H2,1-3H3. The van der Waals surface area contributed by atoms with Gasteiger partial charge in [0.1, 0.15) is 0 Å². The molecule has 0 aromatic heterocycles. The van der Waals surface area contributed by atoms with E-state index in [1.54, 1.807) is 6.92 Å². The molecule has 1 heterocycles. The summed E-state index contributed by atoms with van der Waals surface area (Å²) in [4.78, 5) is 13.2. The van der Waals surface area contributed by atoms with Crippen LogP contribution in [0.4, 0.5) is 13.2 Å². The quantitative estimate of drug-likeness (QED) is 0.775. The van der Waals surface area contributed by atoms with Crippen LogP contribution in [0.5, 0.6) is 0 Å². The molecule has 6 heteroatoms. The summed E-state index contributed by atoms with van der Waals surface area (Å²) < 4.78 is 38.1. The van der Waals surface area contributed by atoms with Gasteiger partial charge in [0, 0.05) is 12.6 Å². The molecule has 3 unspecified atom stereocenters. The van der Waals surface area contributed by atoms with Gasteiger partial charge in [0.25, 0.3) is 5.91 Å². The summed E-state index contributed by atoms with van der Waals surface area (Å²) in [5.74, 6) is -0.819. The second kappa shape index (κ2) is 4.48. The van der Waals surface area contributed by atoms with E-state index in [4.69, 9.17) is 5.73 Å². The van der Waals surface area contributed by atoms with Gasteiger partial charge in [-0.1, -0.05) is 6.92 Å². The predicted octanol–water partition coefficient (Wildman–Crippen LogP) is 1.91. The summed E-state index contributed by atoms with van der Waals surface area (Å²) in [6.45, 7) is 4.80. The van der Waals surface area contributed by atoms with Crippen molar-refractivity contribution in [2.75, 3.05) is 6.54 Å². The van der Waals surface area contributed by atoms with E-state index >= 15 is 0 Å². The Labute approximate surface area is 99.1 Å². The number of nitrogens with two attached hydrogens (primary N) is 1. The minimum atomic E-state index is -4.72. The molecule has 1 rings (SSSR count). The minimum absolute atomic E-state index is 0.193. The summed E-state index contributed by atoms with van der Waals surface area (Å²) >= 11 is 0. The van der Waals surface area contributed by atoms with E-state index in [9.17, 15) is 18.0 Å². The van der Waals surface area contributed by atoms with Crippen LogP contribution in [-0.4, -0.2) is 35.1 Å². The zero-order valence-electron chi connectivity index (χ0n) is 10.3. The molecule has 0 spiro atoms. The van der Waals surface area contributed by atoms with Crippen molar-refractivity contribution in [3.05, 3.63) is 0 Å². The first-order valence-corrected chi connectivity index (χ1v) is 5.75. The van der Waals surface area contributed by atoms with Gasteiger partial charge >= 0.3 is 6.18 Å².